The molecule has 3 rings (SSSR count). The molecule has 2 aliphatic rings. The van der Waals surface area contributed by atoms with E-state index in [-0.39, 0.29) is 5.91 Å². The standard InChI is InChI=1S/C19H27ClN4O/c1-2-22-19(24-8-4-5-13(12-24)9-18(21)25)23-17-11-16(17)14-6-3-7-15(20)10-14/h3,6-7,10,13,16-17H,2,4-5,8-9,11-12H2,1H3,(H2,21,25)(H,22,23). The highest BCUT2D eigenvalue weighted by atomic mass is 35.5. The quantitative estimate of drug-likeness (QED) is 0.625. The average molecular weight is 363 g/mol. The Bertz CT molecular complexity index is 648. The Morgan fingerprint density at radius 3 is 3.04 bits per heavy atom. The van der Waals surface area contributed by atoms with Crippen molar-refractivity contribution in [3.05, 3.63) is 34.9 Å². The zero-order valence-corrected chi connectivity index (χ0v) is 15.5. The van der Waals surface area contributed by atoms with Crippen molar-refractivity contribution in [2.45, 2.75) is 44.6 Å². The van der Waals surface area contributed by atoms with E-state index < -0.39 is 0 Å². The summed E-state index contributed by atoms with van der Waals surface area (Å²) in [6.07, 6.45) is 3.70. The molecule has 1 aromatic rings. The summed E-state index contributed by atoms with van der Waals surface area (Å²) >= 11 is 6.11. The van der Waals surface area contributed by atoms with Crippen molar-refractivity contribution in [1.29, 1.82) is 0 Å². The predicted octanol–water partition coefficient (Wildman–Crippen LogP) is 2.75. The number of hydrogen-bond acceptors (Lipinski definition) is 2. The number of guanidine groups is 1. The Morgan fingerprint density at radius 1 is 1.48 bits per heavy atom. The molecule has 0 aromatic heterocycles. The van der Waals surface area contributed by atoms with Gasteiger partial charge >= 0.3 is 0 Å². The first-order valence-corrected chi connectivity index (χ1v) is 9.54. The molecular weight excluding hydrogens is 336 g/mol. The van der Waals surface area contributed by atoms with Crippen LogP contribution in [0.2, 0.25) is 5.02 Å². The number of benzene rings is 1. The van der Waals surface area contributed by atoms with Gasteiger partial charge in [-0.2, -0.15) is 0 Å². The first kappa shape index (κ1) is 18.1. The molecular formula is C19H27ClN4O. The molecule has 3 atom stereocenters. The zero-order valence-electron chi connectivity index (χ0n) is 14.7. The summed E-state index contributed by atoms with van der Waals surface area (Å²) in [5.41, 5.74) is 6.66. The van der Waals surface area contributed by atoms with E-state index in [1.165, 1.54) is 5.56 Å². The minimum Gasteiger partial charge on any atom is -0.370 e. The third-order valence-electron chi connectivity index (χ3n) is 5.00. The van der Waals surface area contributed by atoms with E-state index in [1.54, 1.807) is 0 Å². The number of carbonyl (C=O) groups is 1. The highest BCUT2D eigenvalue weighted by Crippen LogP contribution is 2.41. The van der Waals surface area contributed by atoms with Crippen LogP contribution in [-0.4, -0.2) is 42.4 Å². The van der Waals surface area contributed by atoms with E-state index in [0.29, 0.717) is 24.3 Å². The van der Waals surface area contributed by atoms with Crippen molar-refractivity contribution in [3.63, 3.8) is 0 Å². The van der Waals surface area contributed by atoms with E-state index in [2.05, 4.69) is 21.3 Å². The molecule has 25 heavy (non-hydrogen) atoms. The maximum atomic E-state index is 11.2. The molecule has 1 amide bonds. The fourth-order valence-electron chi connectivity index (χ4n) is 3.72. The number of halogens is 1. The fraction of sp³-hybridized carbons (Fsp3) is 0.579. The first-order chi connectivity index (χ1) is 12.1. The minimum absolute atomic E-state index is 0.211. The van der Waals surface area contributed by atoms with Crippen molar-refractivity contribution in [3.8, 4) is 0 Å². The molecule has 0 bridgehead atoms. The maximum Gasteiger partial charge on any atom is 0.217 e. The van der Waals surface area contributed by atoms with Crippen LogP contribution < -0.4 is 11.1 Å². The summed E-state index contributed by atoms with van der Waals surface area (Å²) in [5, 5.41) is 4.41. The number of aliphatic imine (C=N–C) groups is 1. The lowest BCUT2D eigenvalue weighted by molar-refractivity contribution is -0.119. The van der Waals surface area contributed by atoms with Crippen molar-refractivity contribution < 1.29 is 4.79 Å². The molecule has 1 saturated carbocycles. The van der Waals surface area contributed by atoms with Gasteiger partial charge in [0.25, 0.3) is 0 Å². The van der Waals surface area contributed by atoms with Crippen LogP contribution in [0.5, 0.6) is 0 Å². The van der Waals surface area contributed by atoms with Crippen LogP contribution in [0.3, 0.4) is 0 Å². The van der Waals surface area contributed by atoms with Crippen LogP contribution in [0.15, 0.2) is 29.3 Å². The van der Waals surface area contributed by atoms with Crippen LogP contribution in [0.4, 0.5) is 0 Å². The summed E-state index contributed by atoms with van der Waals surface area (Å²) in [6.45, 7) is 4.63. The summed E-state index contributed by atoms with van der Waals surface area (Å²) in [7, 11) is 0. The van der Waals surface area contributed by atoms with Crippen molar-refractivity contribution in [2.75, 3.05) is 19.6 Å². The number of likely N-dealkylation sites (tertiary alicyclic amines) is 1. The largest absolute Gasteiger partial charge is 0.370 e. The van der Waals surface area contributed by atoms with Crippen molar-refractivity contribution >= 4 is 23.5 Å². The number of piperidine rings is 1. The third kappa shape index (κ3) is 4.88. The molecule has 6 heteroatoms. The molecule has 0 radical (unpaired) electrons. The van der Waals surface area contributed by atoms with Gasteiger partial charge in [0.15, 0.2) is 5.96 Å². The lowest BCUT2D eigenvalue weighted by Crippen LogP contribution is -2.48. The van der Waals surface area contributed by atoms with Gasteiger partial charge in [-0.3, -0.25) is 9.79 Å². The molecule has 1 aliphatic heterocycles. The number of amides is 1. The van der Waals surface area contributed by atoms with Crippen LogP contribution in [0, 0.1) is 5.92 Å². The van der Waals surface area contributed by atoms with Crippen molar-refractivity contribution in [2.24, 2.45) is 16.6 Å². The van der Waals surface area contributed by atoms with Gasteiger partial charge in [-0.25, -0.2) is 0 Å². The van der Waals surface area contributed by atoms with E-state index in [1.807, 2.05) is 25.1 Å². The Balaban J connectivity index is 1.61. The van der Waals surface area contributed by atoms with Gasteiger partial charge in [0.05, 0.1) is 0 Å². The molecule has 0 spiro atoms. The smallest absolute Gasteiger partial charge is 0.217 e. The second-order valence-electron chi connectivity index (χ2n) is 7.07. The zero-order chi connectivity index (χ0) is 17.8. The monoisotopic (exact) mass is 362 g/mol. The molecule has 1 heterocycles. The minimum atomic E-state index is -0.211. The number of nitrogens with zero attached hydrogens (tertiary/aromatic N) is 2. The Kier molecular flexibility index (Phi) is 5.84. The maximum absolute atomic E-state index is 11.2. The third-order valence-corrected chi connectivity index (χ3v) is 5.23. The van der Waals surface area contributed by atoms with E-state index in [0.717, 1.165) is 49.9 Å². The van der Waals surface area contributed by atoms with Gasteiger partial charge in [0.1, 0.15) is 0 Å². The SMILES string of the molecule is CCN=C(NC1CC1c1cccc(Cl)c1)N1CCCC(CC(N)=O)C1. The summed E-state index contributed by atoms with van der Waals surface area (Å²) in [4.78, 5) is 18.2. The number of primary amides is 1. The Morgan fingerprint density at radius 2 is 2.32 bits per heavy atom. The summed E-state index contributed by atoms with van der Waals surface area (Å²) in [6, 6.07) is 8.51. The number of nitrogens with two attached hydrogens (primary N) is 1. The Labute approximate surface area is 154 Å². The van der Waals surface area contributed by atoms with E-state index in [9.17, 15) is 4.79 Å². The Hall–Kier alpha value is -1.75. The summed E-state index contributed by atoms with van der Waals surface area (Å²) < 4.78 is 0. The highest BCUT2D eigenvalue weighted by Gasteiger charge is 2.40. The second-order valence-corrected chi connectivity index (χ2v) is 7.51. The highest BCUT2D eigenvalue weighted by molar-refractivity contribution is 6.30. The van der Waals surface area contributed by atoms with Crippen LogP contribution >= 0.6 is 11.6 Å². The predicted molar refractivity (Wildman–Crippen MR) is 102 cm³/mol. The molecule has 1 saturated heterocycles. The van der Waals surface area contributed by atoms with Gasteiger partial charge in [-0.1, -0.05) is 23.7 Å². The van der Waals surface area contributed by atoms with Gasteiger partial charge in [0.2, 0.25) is 5.91 Å². The molecule has 3 N–H and O–H groups in total. The van der Waals surface area contributed by atoms with Crippen molar-refractivity contribution in [1.82, 2.24) is 10.2 Å². The van der Waals surface area contributed by atoms with Gasteiger partial charge < -0.3 is 16.0 Å². The van der Waals surface area contributed by atoms with Gasteiger partial charge in [-0.15, -0.1) is 0 Å². The van der Waals surface area contributed by atoms with Crippen LogP contribution in [0.1, 0.15) is 44.1 Å². The number of carbonyl (C=O) groups excluding carboxylic acids is 1. The molecule has 2 fully saturated rings. The lowest BCUT2D eigenvalue weighted by atomic mass is 9.95. The summed E-state index contributed by atoms with van der Waals surface area (Å²) in [5.74, 6) is 1.58. The van der Waals surface area contributed by atoms with E-state index in [4.69, 9.17) is 17.3 Å². The van der Waals surface area contributed by atoms with Gasteiger partial charge in [0, 0.05) is 43.0 Å². The molecule has 3 unspecified atom stereocenters. The van der Waals surface area contributed by atoms with Crippen LogP contribution in [0.25, 0.3) is 0 Å². The van der Waals surface area contributed by atoms with Crippen LogP contribution in [-0.2, 0) is 4.79 Å². The number of nitrogens with one attached hydrogen (secondary N) is 1. The lowest BCUT2D eigenvalue weighted by Gasteiger charge is -2.35. The first-order valence-electron chi connectivity index (χ1n) is 9.16. The molecule has 1 aliphatic carbocycles. The van der Waals surface area contributed by atoms with E-state index >= 15 is 0 Å². The molecule has 136 valence electrons. The number of rotatable bonds is 5. The molecule has 5 nitrogen and oxygen atoms in total. The van der Waals surface area contributed by atoms with Gasteiger partial charge in [-0.05, 0) is 49.8 Å². The second kappa shape index (κ2) is 8.09. The normalized spacial score (nSPS) is 26.4. The average Bonchev–Trinajstić information content (AvgIpc) is 3.33. The fourth-order valence-corrected chi connectivity index (χ4v) is 3.92. The number of hydrogen-bond donors (Lipinski definition) is 2. The molecule has 1 aromatic carbocycles. The topological polar surface area (TPSA) is 70.7 Å².